The predicted octanol–water partition coefficient (Wildman–Crippen LogP) is 3.92. The molecule has 3 rings (SSSR count). The van der Waals surface area contributed by atoms with Gasteiger partial charge in [-0.05, 0) is 29.8 Å². The number of hydrogen-bond acceptors (Lipinski definition) is 5. The second-order valence-electron chi connectivity index (χ2n) is 4.51. The lowest BCUT2D eigenvalue weighted by atomic mass is 10.2. The molecule has 7 heteroatoms. The fourth-order valence-electron chi connectivity index (χ4n) is 1.79. The monoisotopic (exact) mass is 342 g/mol. The summed E-state index contributed by atoms with van der Waals surface area (Å²) in [4.78, 5) is 16.1. The number of halogens is 1. The average Bonchev–Trinajstić information content (AvgIpc) is 3.07. The van der Waals surface area contributed by atoms with E-state index >= 15 is 0 Å². The van der Waals surface area contributed by atoms with Crippen LogP contribution in [-0.2, 0) is 0 Å². The van der Waals surface area contributed by atoms with Crippen LogP contribution in [0.2, 0.25) is 0 Å². The van der Waals surface area contributed by atoms with Crippen LogP contribution in [0, 0.1) is 0 Å². The molecule has 0 bridgehead atoms. The van der Waals surface area contributed by atoms with Crippen LogP contribution < -0.4 is 5.32 Å². The number of benzene rings is 1. The highest BCUT2D eigenvalue weighted by Gasteiger charge is 2.14. The molecule has 0 saturated carbocycles. The Morgan fingerprint density at radius 1 is 1.09 bits per heavy atom. The van der Waals surface area contributed by atoms with Gasteiger partial charge in [0.15, 0.2) is 5.01 Å². The van der Waals surface area contributed by atoms with Crippen LogP contribution >= 0.6 is 22.9 Å². The first-order valence-electron chi connectivity index (χ1n) is 6.70. The van der Waals surface area contributed by atoms with Crippen molar-refractivity contribution in [3.63, 3.8) is 0 Å². The maximum Gasteiger partial charge on any atom is 0.286 e. The Kier molecular flexibility index (Phi) is 4.75. The number of hydrogen-bond donors (Lipinski definition) is 1. The Labute approximate surface area is 141 Å². The summed E-state index contributed by atoms with van der Waals surface area (Å²) in [5, 5.41) is 11.8. The van der Waals surface area contributed by atoms with Crippen LogP contribution in [0.15, 0.2) is 54.9 Å². The fourth-order valence-corrected chi connectivity index (χ4v) is 2.71. The number of carbonyl (C=O) groups is 1. The molecule has 0 unspecified atom stereocenters. The standard InChI is InChI=1S/C16H11ClN4OS/c17-13(9-11-5-4-8-18-10-11)15-20-21-16(23-15)14(22)19-12-6-2-1-3-7-12/h1-10H,(H,19,22)/b13-9-. The van der Waals surface area contributed by atoms with Gasteiger partial charge in [-0.1, -0.05) is 47.2 Å². The Bertz CT molecular complexity index is 834. The zero-order valence-electron chi connectivity index (χ0n) is 11.8. The van der Waals surface area contributed by atoms with E-state index in [9.17, 15) is 4.79 Å². The maximum atomic E-state index is 12.1. The number of para-hydroxylation sites is 1. The van der Waals surface area contributed by atoms with Crippen molar-refractivity contribution in [1.29, 1.82) is 0 Å². The van der Waals surface area contributed by atoms with Crippen LogP contribution in [0.25, 0.3) is 11.1 Å². The van der Waals surface area contributed by atoms with Crippen LogP contribution in [0.3, 0.4) is 0 Å². The van der Waals surface area contributed by atoms with Crippen molar-refractivity contribution >= 4 is 45.6 Å². The van der Waals surface area contributed by atoms with Gasteiger partial charge >= 0.3 is 0 Å². The van der Waals surface area contributed by atoms with Crippen molar-refractivity contribution in [3.05, 3.63) is 70.4 Å². The van der Waals surface area contributed by atoms with Crippen LogP contribution in [-0.4, -0.2) is 21.1 Å². The Hall–Kier alpha value is -2.57. The van der Waals surface area contributed by atoms with E-state index in [0.29, 0.717) is 15.7 Å². The second-order valence-corrected chi connectivity index (χ2v) is 5.90. The smallest absolute Gasteiger partial charge is 0.286 e. The highest BCUT2D eigenvalue weighted by atomic mass is 35.5. The van der Waals surface area contributed by atoms with Gasteiger partial charge in [-0.15, -0.1) is 10.2 Å². The first kappa shape index (κ1) is 15.3. The number of anilines is 1. The lowest BCUT2D eigenvalue weighted by molar-refractivity contribution is 0.102. The van der Waals surface area contributed by atoms with E-state index in [1.165, 1.54) is 0 Å². The summed E-state index contributed by atoms with van der Waals surface area (Å²) < 4.78 is 0. The highest BCUT2D eigenvalue weighted by molar-refractivity contribution is 7.15. The van der Waals surface area contributed by atoms with Gasteiger partial charge in [0.2, 0.25) is 5.01 Å². The van der Waals surface area contributed by atoms with Crippen molar-refractivity contribution in [2.45, 2.75) is 0 Å². The summed E-state index contributed by atoms with van der Waals surface area (Å²) in [6.45, 7) is 0. The minimum Gasteiger partial charge on any atom is -0.320 e. The van der Waals surface area contributed by atoms with Gasteiger partial charge in [0.1, 0.15) is 0 Å². The molecule has 0 aliphatic carbocycles. The molecule has 0 aliphatic heterocycles. The van der Waals surface area contributed by atoms with Crippen molar-refractivity contribution in [3.8, 4) is 0 Å². The molecule has 1 N–H and O–H groups in total. The van der Waals surface area contributed by atoms with E-state index in [2.05, 4.69) is 20.5 Å². The predicted molar refractivity (Wildman–Crippen MR) is 92.3 cm³/mol. The molecule has 23 heavy (non-hydrogen) atoms. The van der Waals surface area contributed by atoms with Crippen LogP contribution in [0.4, 0.5) is 5.69 Å². The van der Waals surface area contributed by atoms with Crippen LogP contribution in [0.5, 0.6) is 0 Å². The van der Waals surface area contributed by atoms with Crippen molar-refractivity contribution in [2.75, 3.05) is 5.32 Å². The van der Waals surface area contributed by atoms with E-state index < -0.39 is 0 Å². The van der Waals surface area contributed by atoms with Gasteiger partial charge in [0, 0.05) is 18.1 Å². The third kappa shape index (κ3) is 4.00. The molecule has 0 saturated heterocycles. The van der Waals surface area contributed by atoms with Gasteiger partial charge in [0.05, 0.1) is 5.03 Å². The number of aromatic nitrogens is 3. The molecule has 5 nitrogen and oxygen atoms in total. The number of nitrogens with zero attached hydrogens (tertiary/aromatic N) is 3. The van der Waals surface area contributed by atoms with Gasteiger partial charge in [-0.2, -0.15) is 0 Å². The Morgan fingerprint density at radius 2 is 1.87 bits per heavy atom. The third-order valence-corrected chi connectivity index (χ3v) is 4.19. The molecule has 0 aliphatic rings. The molecule has 1 amide bonds. The third-order valence-electron chi connectivity index (χ3n) is 2.83. The summed E-state index contributed by atoms with van der Waals surface area (Å²) in [6.07, 6.45) is 5.10. The number of rotatable bonds is 4. The normalized spacial score (nSPS) is 11.3. The number of amides is 1. The van der Waals surface area contributed by atoms with Gasteiger partial charge in [-0.25, -0.2) is 0 Å². The summed E-state index contributed by atoms with van der Waals surface area (Å²) in [5.41, 5.74) is 1.55. The molecular formula is C16H11ClN4OS. The molecule has 3 aromatic rings. The zero-order chi connectivity index (χ0) is 16.1. The minimum atomic E-state index is -0.314. The van der Waals surface area contributed by atoms with E-state index in [1.807, 2.05) is 30.3 Å². The van der Waals surface area contributed by atoms with E-state index in [0.717, 1.165) is 16.9 Å². The van der Waals surface area contributed by atoms with Crippen molar-refractivity contribution < 1.29 is 4.79 Å². The Balaban J connectivity index is 1.75. The first-order valence-corrected chi connectivity index (χ1v) is 7.89. The molecule has 0 spiro atoms. The molecule has 2 heterocycles. The Morgan fingerprint density at radius 3 is 2.61 bits per heavy atom. The zero-order valence-corrected chi connectivity index (χ0v) is 13.4. The summed E-state index contributed by atoms with van der Waals surface area (Å²) in [5.74, 6) is -0.314. The molecule has 1 aromatic carbocycles. The number of pyridine rings is 1. The van der Waals surface area contributed by atoms with E-state index in [-0.39, 0.29) is 10.9 Å². The maximum absolute atomic E-state index is 12.1. The fraction of sp³-hybridized carbons (Fsp3) is 0. The van der Waals surface area contributed by atoms with E-state index in [4.69, 9.17) is 11.6 Å². The van der Waals surface area contributed by atoms with Gasteiger partial charge in [-0.3, -0.25) is 9.78 Å². The first-order chi connectivity index (χ1) is 11.2. The summed E-state index contributed by atoms with van der Waals surface area (Å²) in [6, 6.07) is 12.9. The number of carbonyl (C=O) groups excluding carboxylic acids is 1. The minimum absolute atomic E-state index is 0.251. The lowest BCUT2D eigenvalue weighted by Gasteiger charge is -2.00. The SMILES string of the molecule is O=C(Nc1ccccc1)c1nnc(/C(Cl)=C/c2cccnc2)s1. The molecule has 0 atom stereocenters. The topological polar surface area (TPSA) is 67.8 Å². The lowest BCUT2D eigenvalue weighted by Crippen LogP contribution is -2.11. The molecular weight excluding hydrogens is 332 g/mol. The van der Waals surface area contributed by atoms with E-state index in [1.54, 1.807) is 30.6 Å². The van der Waals surface area contributed by atoms with Crippen LogP contribution in [0.1, 0.15) is 20.4 Å². The van der Waals surface area contributed by atoms with Gasteiger partial charge in [0.25, 0.3) is 5.91 Å². The highest BCUT2D eigenvalue weighted by Crippen LogP contribution is 2.25. The van der Waals surface area contributed by atoms with Gasteiger partial charge < -0.3 is 5.32 Å². The van der Waals surface area contributed by atoms with Crippen molar-refractivity contribution in [1.82, 2.24) is 15.2 Å². The van der Waals surface area contributed by atoms with Crippen molar-refractivity contribution in [2.24, 2.45) is 0 Å². The molecule has 0 radical (unpaired) electrons. The molecule has 0 fully saturated rings. The average molecular weight is 343 g/mol. The number of nitrogens with one attached hydrogen (secondary N) is 1. The summed E-state index contributed by atoms with van der Waals surface area (Å²) >= 11 is 7.36. The summed E-state index contributed by atoms with van der Waals surface area (Å²) in [7, 11) is 0. The largest absolute Gasteiger partial charge is 0.320 e. The second kappa shape index (κ2) is 7.13. The molecule has 2 aromatic heterocycles. The molecule has 114 valence electrons. The quantitative estimate of drug-likeness (QED) is 0.780.